The highest BCUT2D eigenvalue weighted by molar-refractivity contribution is 5.66. The summed E-state index contributed by atoms with van der Waals surface area (Å²) in [5.41, 5.74) is 0. The van der Waals surface area contributed by atoms with E-state index in [0.717, 1.165) is 6.92 Å². The molecular formula is C7H12O6. The molecule has 1 heterocycles. The van der Waals surface area contributed by atoms with E-state index in [1.165, 1.54) is 0 Å². The van der Waals surface area contributed by atoms with Crippen molar-refractivity contribution in [1.82, 2.24) is 0 Å². The van der Waals surface area contributed by atoms with Gasteiger partial charge in [0.2, 0.25) is 0 Å². The summed E-state index contributed by atoms with van der Waals surface area (Å²) in [6.07, 6.45) is -5.07. The Labute approximate surface area is 74.7 Å². The molecule has 13 heavy (non-hydrogen) atoms. The number of carbonyl (C=O) groups is 1. The van der Waals surface area contributed by atoms with Crippen LogP contribution in [-0.4, -0.2) is 52.5 Å². The average molecular weight is 192 g/mol. The molecule has 0 spiro atoms. The van der Waals surface area contributed by atoms with Crippen LogP contribution in [0.1, 0.15) is 6.92 Å². The van der Waals surface area contributed by atoms with E-state index in [-0.39, 0.29) is 6.61 Å². The van der Waals surface area contributed by atoms with Crippen molar-refractivity contribution in [2.75, 3.05) is 6.61 Å². The number of hydrogen-bond donors (Lipinski definition) is 3. The Kier molecular flexibility index (Phi) is 3.21. The smallest absolute Gasteiger partial charge is 0.303 e. The summed E-state index contributed by atoms with van der Waals surface area (Å²) in [7, 11) is 0. The molecule has 1 saturated heterocycles. The van der Waals surface area contributed by atoms with Crippen molar-refractivity contribution in [3.8, 4) is 0 Å². The molecular weight excluding hydrogens is 180 g/mol. The van der Waals surface area contributed by atoms with Crippen LogP contribution < -0.4 is 0 Å². The molecule has 0 unspecified atom stereocenters. The standard InChI is InChI=1S/C7H12O6/c1-3(8)13-6-4(9)2-12-7(11)5(6)10/h4-7,9-11H,2H2,1H3/t4-,5-,6+,7-/m1/s1. The second-order valence-electron chi connectivity index (χ2n) is 2.86. The number of ether oxygens (including phenoxy) is 2. The fraction of sp³-hybridized carbons (Fsp3) is 0.857. The van der Waals surface area contributed by atoms with Crippen molar-refractivity contribution in [3.05, 3.63) is 0 Å². The summed E-state index contributed by atoms with van der Waals surface area (Å²) < 4.78 is 9.19. The minimum absolute atomic E-state index is 0.170. The summed E-state index contributed by atoms with van der Waals surface area (Å²) >= 11 is 0. The van der Waals surface area contributed by atoms with Crippen LogP contribution in [0.5, 0.6) is 0 Å². The van der Waals surface area contributed by atoms with Crippen LogP contribution in [-0.2, 0) is 14.3 Å². The number of rotatable bonds is 1. The lowest BCUT2D eigenvalue weighted by Gasteiger charge is -2.34. The third-order valence-corrected chi connectivity index (χ3v) is 1.75. The SMILES string of the molecule is CC(=O)O[C@@H]1[C@@H](O)[C@H](O)OC[C@H]1O. The van der Waals surface area contributed by atoms with E-state index >= 15 is 0 Å². The van der Waals surface area contributed by atoms with Gasteiger partial charge < -0.3 is 24.8 Å². The molecule has 0 aromatic carbocycles. The van der Waals surface area contributed by atoms with Crippen molar-refractivity contribution in [2.45, 2.75) is 31.5 Å². The Morgan fingerprint density at radius 2 is 2.08 bits per heavy atom. The van der Waals surface area contributed by atoms with Crippen LogP contribution in [0, 0.1) is 0 Å². The van der Waals surface area contributed by atoms with Crippen LogP contribution in [0.25, 0.3) is 0 Å². The second kappa shape index (κ2) is 4.01. The second-order valence-corrected chi connectivity index (χ2v) is 2.86. The molecule has 0 bridgehead atoms. The van der Waals surface area contributed by atoms with E-state index in [1.807, 2.05) is 0 Å². The molecule has 1 aliphatic rings. The highest BCUT2D eigenvalue weighted by atomic mass is 16.6. The first-order valence-electron chi connectivity index (χ1n) is 3.85. The highest BCUT2D eigenvalue weighted by Crippen LogP contribution is 2.16. The molecule has 0 saturated carbocycles. The third kappa shape index (κ3) is 2.38. The molecule has 6 nitrogen and oxygen atoms in total. The molecule has 1 aliphatic heterocycles. The molecule has 0 aromatic rings. The summed E-state index contributed by atoms with van der Waals surface area (Å²) in [6.45, 7) is 0.984. The molecule has 76 valence electrons. The van der Waals surface area contributed by atoms with Gasteiger partial charge in [-0.2, -0.15) is 0 Å². The normalized spacial score (nSPS) is 40.0. The maximum Gasteiger partial charge on any atom is 0.303 e. The Bertz CT molecular complexity index is 193. The van der Waals surface area contributed by atoms with Crippen LogP contribution >= 0.6 is 0 Å². The number of carbonyl (C=O) groups excluding carboxylic acids is 1. The molecule has 3 N–H and O–H groups in total. The van der Waals surface area contributed by atoms with Gasteiger partial charge in [0, 0.05) is 6.92 Å². The Balaban J connectivity index is 2.60. The molecule has 1 rings (SSSR count). The van der Waals surface area contributed by atoms with E-state index in [0.29, 0.717) is 0 Å². The lowest BCUT2D eigenvalue weighted by atomic mass is 10.1. The fourth-order valence-corrected chi connectivity index (χ4v) is 1.12. The first-order chi connectivity index (χ1) is 6.02. The largest absolute Gasteiger partial charge is 0.457 e. The number of esters is 1. The van der Waals surface area contributed by atoms with Crippen molar-refractivity contribution in [1.29, 1.82) is 0 Å². The fourth-order valence-electron chi connectivity index (χ4n) is 1.12. The third-order valence-electron chi connectivity index (χ3n) is 1.75. The minimum atomic E-state index is -1.42. The van der Waals surface area contributed by atoms with Gasteiger partial charge in [-0.25, -0.2) is 0 Å². The van der Waals surface area contributed by atoms with Gasteiger partial charge in [0.1, 0.15) is 12.2 Å². The molecule has 0 radical (unpaired) electrons. The zero-order chi connectivity index (χ0) is 10.0. The zero-order valence-electron chi connectivity index (χ0n) is 7.08. The molecule has 1 fully saturated rings. The highest BCUT2D eigenvalue weighted by Gasteiger charge is 2.40. The van der Waals surface area contributed by atoms with E-state index < -0.39 is 30.6 Å². The molecule has 4 atom stereocenters. The maximum atomic E-state index is 10.5. The summed E-state index contributed by atoms with van der Waals surface area (Å²) in [6, 6.07) is 0. The molecule has 0 amide bonds. The summed E-state index contributed by atoms with van der Waals surface area (Å²) in [4.78, 5) is 10.5. The Morgan fingerprint density at radius 3 is 2.62 bits per heavy atom. The van der Waals surface area contributed by atoms with Gasteiger partial charge in [-0.15, -0.1) is 0 Å². The predicted octanol–water partition coefficient (Wildman–Crippen LogP) is -2.01. The first kappa shape index (κ1) is 10.4. The van der Waals surface area contributed by atoms with E-state index in [1.54, 1.807) is 0 Å². The van der Waals surface area contributed by atoms with Gasteiger partial charge in [-0.3, -0.25) is 4.79 Å². The first-order valence-corrected chi connectivity index (χ1v) is 3.85. The van der Waals surface area contributed by atoms with E-state index in [4.69, 9.17) is 5.11 Å². The molecule has 0 aromatic heterocycles. The van der Waals surface area contributed by atoms with Crippen molar-refractivity contribution >= 4 is 5.97 Å². The van der Waals surface area contributed by atoms with Crippen LogP contribution in [0.15, 0.2) is 0 Å². The van der Waals surface area contributed by atoms with Crippen LogP contribution in [0.4, 0.5) is 0 Å². The van der Waals surface area contributed by atoms with Crippen LogP contribution in [0.3, 0.4) is 0 Å². The monoisotopic (exact) mass is 192 g/mol. The minimum Gasteiger partial charge on any atom is -0.457 e. The van der Waals surface area contributed by atoms with Gasteiger partial charge >= 0.3 is 5.97 Å². The number of aliphatic hydroxyl groups is 3. The lowest BCUT2D eigenvalue weighted by Crippen LogP contribution is -2.54. The Hall–Kier alpha value is -0.690. The number of hydrogen-bond acceptors (Lipinski definition) is 6. The van der Waals surface area contributed by atoms with Gasteiger partial charge in [0.25, 0.3) is 0 Å². The van der Waals surface area contributed by atoms with Crippen LogP contribution in [0.2, 0.25) is 0 Å². The quantitative estimate of drug-likeness (QED) is 0.415. The van der Waals surface area contributed by atoms with Gasteiger partial charge in [-0.05, 0) is 0 Å². The average Bonchev–Trinajstić information content (AvgIpc) is 2.05. The van der Waals surface area contributed by atoms with Gasteiger partial charge in [0.05, 0.1) is 6.61 Å². The van der Waals surface area contributed by atoms with Crippen molar-refractivity contribution in [2.24, 2.45) is 0 Å². The summed E-state index contributed by atoms with van der Waals surface area (Å²) in [5.74, 6) is -0.628. The van der Waals surface area contributed by atoms with E-state index in [2.05, 4.69) is 9.47 Å². The lowest BCUT2D eigenvalue weighted by molar-refractivity contribution is -0.257. The maximum absolute atomic E-state index is 10.5. The Morgan fingerprint density at radius 1 is 1.46 bits per heavy atom. The topological polar surface area (TPSA) is 96.2 Å². The van der Waals surface area contributed by atoms with Gasteiger partial charge in [-0.1, -0.05) is 0 Å². The molecule has 0 aliphatic carbocycles. The summed E-state index contributed by atoms with van der Waals surface area (Å²) in [5, 5.41) is 27.5. The van der Waals surface area contributed by atoms with E-state index in [9.17, 15) is 15.0 Å². The van der Waals surface area contributed by atoms with Crippen molar-refractivity contribution < 1.29 is 29.6 Å². The molecule has 6 heteroatoms. The predicted molar refractivity (Wildman–Crippen MR) is 39.5 cm³/mol. The van der Waals surface area contributed by atoms with Crippen molar-refractivity contribution in [3.63, 3.8) is 0 Å². The zero-order valence-corrected chi connectivity index (χ0v) is 7.08. The number of aliphatic hydroxyl groups excluding tert-OH is 3. The van der Waals surface area contributed by atoms with Gasteiger partial charge in [0.15, 0.2) is 12.4 Å².